The van der Waals surface area contributed by atoms with Crippen LogP contribution in [-0.4, -0.2) is 22.5 Å². The molecule has 1 unspecified atom stereocenters. The SMILES string of the molecule is CCC(CC)(CNC(C)c1sc(C(C)(C)C)nc1C)SC. The third-order valence-corrected chi connectivity index (χ3v) is 7.67. The molecule has 1 atom stereocenters. The topological polar surface area (TPSA) is 24.9 Å². The van der Waals surface area contributed by atoms with E-state index in [0.717, 1.165) is 6.54 Å². The van der Waals surface area contributed by atoms with Gasteiger partial charge in [0.25, 0.3) is 0 Å². The maximum atomic E-state index is 4.78. The summed E-state index contributed by atoms with van der Waals surface area (Å²) in [6.07, 6.45) is 4.65. The molecule has 1 N–H and O–H groups in total. The van der Waals surface area contributed by atoms with E-state index in [9.17, 15) is 0 Å². The number of hydrogen-bond acceptors (Lipinski definition) is 4. The molecule has 122 valence electrons. The lowest BCUT2D eigenvalue weighted by molar-refractivity contribution is 0.461. The molecule has 0 radical (unpaired) electrons. The molecule has 21 heavy (non-hydrogen) atoms. The van der Waals surface area contributed by atoms with E-state index in [1.807, 2.05) is 23.1 Å². The third kappa shape index (κ3) is 4.70. The molecule has 1 aromatic heterocycles. The van der Waals surface area contributed by atoms with Crippen LogP contribution >= 0.6 is 23.1 Å². The molecule has 1 heterocycles. The Bertz CT molecular complexity index is 434. The van der Waals surface area contributed by atoms with Gasteiger partial charge in [-0.05, 0) is 32.9 Å². The van der Waals surface area contributed by atoms with Crippen LogP contribution in [0.1, 0.15) is 76.0 Å². The monoisotopic (exact) mass is 328 g/mol. The maximum Gasteiger partial charge on any atom is 0.0985 e. The fourth-order valence-electron chi connectivity index (χ4n) is 2.42. The fourth-order valence-corrected chi connectivity index (χ4v) is 4.38. The van der Waals surface area contributed by atoms with Gasteiger partial charge in [0.2, 0.25) is 0 Å². The molecule has 0 amide bonds. The van der Waals surface area contributed by atoms with Crippen molar-refractivity contribution in [1.29, 1.82) is 0 Å². The first-order valence-corrected chi connectivity index (χ1v) is 9.99. The van der Waals surface area contributed by atoms with E-state index < -0.39 is 0 Å². The van der Waals surface area contributed by atoms with Crippen LogP contribution in [0.2, 0.25) is 0 Å². The summed E-state index contributed by atoms with van der Waals surface area (Å²) in [6, 6.07) is 0.378. The second-order valence-corrected chi connectivity index (χ2v) is 9.22. The summed E-state index contributed by atoms with van der Waals surface area (Å²) in [4.78, 5) is 6.17. The number of thiazole rings is 1. The van der Waals surface area contributed by atoms with Crippen LogP contribution in [0.25, 0.3) is 0 Å². The lowest BCUT2D eigenvalue weighted by atomic mass is 9.98. The third-order valence-electron chi connectivity index (χ3n) is 4.32. The summed E-state index contributed by atoms with van der Waals surface area (Å²) < 4.78 is 0.361. The van der Waals surface area contributed by atoms with Gasteiger partial charge in [0.1, 0.15) is 0 Å². The quantitative estimate of drug-likeness (QED) is 0.733. The number of rotatable bonds is 7. The van der Waals surface area contributed by atoms with Gasteiger partial charge in [-0.2, -0.15) is 11.8 Å². The van der Waals surface area contributed by atoms with E-state index in [2.05, 4.69) is 60.0 Å². The number of aromatic nitrogens is 1. The summed E-state index contributed by atoms with van der Waals surface area (Å²) in [5, 5.41) is 4.99. The molecule has 0 aromatic carbocycles. The minimum atomic E-state index is 0.142. The van der Waals surface area contributed by atoms with Gasteiger partial charge < -0.3 is 5.32 Å². The van der Waals surface area contributed by atoms with E-state index in [1.54, 1.807) is 0 Å². The Labute approximate surface area is 139 Å². The lowest BCUT2D eigenvalue weighted by Crippen LogP contribution is -2.37. The van der Waals surface area contributed by atoms with Crippen molar-refractivity contribution in [3.05, 3.63) is 15.6 Å². The van der Waals surface area contributed by atoms with E-state index in [0.29, 0.717) is 10.8 Å². The van der Waals surface area contributed by atoms with Gasteiger partial charge in [0.15, 0.2) is 0 Å². The molecule has 0 saturated heterocycles. The fraction of sp³-hybridized carbons (Fsp3) is 0.824. The first kappa shape index (κ1) is 19.0. The van der Waals surface area contributed by atoms with Crippen LogP contribution in [0, 0.1) is 6.92 Å². The highest BCUT2D eigenvalue weighted by molar-refractivity contribution is 8.00. The molecule has 0 aliphatic rings. The largest absolute Gasteiger partial charge is 0.308 e. The summed E-state index contributed by atoms with van der Waals surface area (Å²) >= 11 is 3.86. The molecule has 1 aromatic rings. The van der Waals surface area contributed by atoms with Gasteiger partial charge in [0.05, 0.1) is 10.7 Å². The van der Waals surface area contributed by atoms with E-state index in [4.69, 9.17) is 4.98 Å². The molecule has 2 nitrogen and oxygen atoms in total. The number of thioether (sulfide) groups is 1. The highest BCUT2D eigenvalue weighted by Gasteiger charge is 2.27. The minimum absolute atomic E-state index is 0.142. The molecule has 4 heteroatoms. The number of aryl methyl sites for hydroxylation is 1. The van der Waals surface area contributed by atoms with Crippen LogP contribution in [0.5, 0.6) is 0 Å². The second-order valence-electron chi connectivity index (χ2n) is 6.92. The first-order valence-electron chi connectivity index (χ1n) is 7.95. The zero-order valence-corrected chi connectivity index (χ0v) is 16.6. The molecule has 0 aliphatic carbocycles. The Morgan fingerprint density at radius 1 is 1.24 bits per heavy atom. The average molecular weight is 329 g/mol. The zero-order chi connectivity index (χ0) is 16.3. The van der Waals surface area contributed by atoms with Crippen molar-refractivity contribution in [2.24, 2.45) is 0 Å². The Morgan fingerprint density at radius 2 is 1.81 bits per heavy atom. The first-order chi connectivity index (χ1) is 9.69. The summed E-state index contributed by atoms with van der Waals surface area (Å²) in [5.41, 5.74) is 1.33. The standard InChI is InChI=1S/C17H32N2S2/c1-9-17(10-2,20-8)11-18-12(3)14-13(4)19-15(21-14)16(5,6)7/h12,18H,9-11H2,1-8H3. The predicted octanol–water partition coefficient (Wildman–Crippen LogP) is 5.32. The van der Waals surface area contributed by atoms with Crippen molar-refractivity contribution < 1.29 is 0 Å². The molecule has 1 rings (SSSR count). The molecule has 0 aliphatic heterocycles. The maximum absolute atomic E-state index is 4.78. The van der Waals surface area contributed by atoms with E-state index in [-0.39, 0.29) is 5.41 Å². The molecule has 0 spiro atoms. The van der Waals surface area contributed by atoms with Gasteiger partial charge in [-0.15, -0.1) is 11.3 Å². The zero-order valence-electron chi connectivity index (χ0n) is 15.0. The van der Waals surface area contributed by atoms with Gasteiger partial charge in [-0.1, -0.05) is 34.6 Å². The Kier molecular flexibility index (Phi) is 6.76. The second kappa shape index (κ2) is 7.47. The van der Waals surface area contributed by atoms with E-state index in [1.165, 1.54) is 28.4 Å². The van der Waals surface area contributed by atoms with Crippen LogP contribution < -0.4 is 5.32 Å². The molecular formula is C17H32N2S2. The normalized spacial score (nSPS) is 14.5. The van der Waals surface area contributed by atoms with Gasteiger partial charge in [0, 0.05) is 27.6 Å². The smallest absolute Gasteiger partial charge is 0.0985 e. The van der Waals surface area contributed by atoms with Crippen molar-refractivity contribution in [2.45, 2.75) is 77.5 Å². The average Bonchev–Trinajstić information content (AvgIpc) is 2.83. The summed E-state index contributed by atoms with van der Waals surface area (Å²) in [5.74, 6) is 0. The number of nitrogens with one attached hydrogen (secondary N) is 1. The highest BCUT2D eigenvalue weighted by atomic mass is 32.2. The van der Waals surface area contributed by atoms with Crippen molar-refractivity contribution in [3.8, 4) is 0 Å². The minimum Gasteiger partial charge on any atom is -0.308 e. The summed E-state index contributed by atoms with van der Waals surface area (Å²) in [6.45, 7) is 16.8. The molecular weight excluding hydrogens is 296 g/mol. The van der Waals surface area contributed by atoms with Crippen LogP contribution in [-0.2, 0) is 5.41 Å². The van der Waals surface area contributed by atoms with Gasteiger partial charge >= 0.3 is 0 Å². The van der Waals surface area contributed by atoms with Crippen LogP contribution in [0.3, 0.4) is 0 Å². The summed E-state index contributed by atoms with van der Waals surface area (Å²) in [7, 11) is 0. The number of nitrogens with zero attached hydrogens (tertiary/aromatic N) is 1. The highest BCUT2D eigenvalue weighted by Crippen LogP contribution is 2.34. The van der Waals surface area contributed by atoms with Crippen molar-refractivity contribution in [2.75, 3.05) is 12.8 Å². The Morgan fingerprint density at radius 3 is 2.19 bits per heavy atom. The van der Waals surface area contributed by atoms with Crippen LogP contribution in [0.4, 0.5) is 0 Å². The molecule has 0 fully saturated rings. The molecule has 0 saturated carbocycles. The Hall–Kier alpha value is -0.0600. The van der Waals surface area contributed by atoms with Crippen molar-refractivity contribution in [1.82, 2.24) is 10.3 Å². The van der Waals surface area contributed by atoms with Gasteiger partial charge in [-0.3, -0.25) is 0 Å². The molecule has 0 bridgehead atoms. The van der Waals surface area contributed by atoms with Gasteiger partial charge in [-0.25, -0.2) is 4.98 Å². The Balaban J connectivity index is 2.81. The van der Waals surface area contributed by atoms with Crippen LogP contribution in [0.15, 0.2) is 0 Å². The van der Waals surface area contributed by atoms with Crippen molar-refractivity contribution >= 4 is 23.1 Å². The van der Waals surface area contributed by atoms with E-state index >= 15 is 0 Å². The van der Waals surface area contributed by atoms with Crippen molar-refractivity contribution in [3.63, 3.8) is 0 Å². The predicted molar refractivity (Wildman–Crippen MR) is 98.8 cm³/mol. The lowest BCUT2D eigenvalue weighted by Gasteiger charge is -2.31. The number of hydrogen-bond donors (Lipinski definition) is 1.